The van der Waals surface area contributed by atoms with Crippen LogP contribution in [0.2, 0.25) is 0 Å². The van der Waals surface area contributed by atoms with Crippen LogP contribution in [-0.2, 0) is 14.8 Å². The Morgan fingerprint density at radius 3 is 2.68 bits per heavy atom. The monoisotopic (exact) mass is 358 g/mol. The summed E-state index contributed by atoms with van der Waals surface area (Å²) in [5.74, 6) is -0.123. The lowest BCUT2D eigenvalue weighted by atomic mass is 10.2. The molecule has 2 heterocycles. The number of amides is 1. The molecule has 2 aromatic heterocycles. The number of aryl methyl sites for hydroxylation is 1. The van der Waals surface area contributed by atoms with Crippen LogP contribution in [0.15, 0.2) is 53.7 Å². The minimum Gasteiger partial charge on any atom is -0.326 e. The van der Waals surface area contributed by atoms with Crippen molar-refractivity contribution in [3.05, 3.63) is 54.4 Å². The molecule has 0 bridgehead atoms. The average Bonchev–Trinajstić information content (AvgIpc) is 3.01. The van der Waals surface area contributed by atoms with Gasteiger partial charge in [0.2, 0.25) is 5.91 Å². The van der Waals surface area contributed by atoms with Gasteiger partial charge in [0.25, 0.3) is 10.0 Å². The predicted molar refractivity (Wildman–Crippen MR) is 96.1 cm³/mol. The molecule has 0 fully saturated rings. The minimum atomic E-state index is -3.74. The maximum atomic E-state index is 12.7. The fourth-order valence-electron chi connectivity index (χ4n) is 2.47. The molecule has 0 aliphatic heterocycles. The molecule has 8 heteroatoms. The summed E-state index contributed by atoms with van der Waals surface area (Å²) in [5.41, 5.74) is 2.36. The van der Waals surface area contributed by atoms with E-state index in [0.717, 1.165) is 5.52 Å². The molecule has 7 nitrogen and oxygen atoms in total. The molecule has 130 valence electrons. The van der Waals surface area contributed by atoms with Gasteiger partial charge in [-0.25, -0.2) is 12.9 Å². The Kier molecular flexibility index (Phi) is 4.45. The van der Waals surface area contributed by atoms with Gasteiger partial charge in [-0.3, -0.25) is 9.52 Å². The first-order chi connectivity index (χ1) is 11.9. The molecular weight excluding hydrogens is 340 g/mol. The van der Waals surface area contributed by atoms with Crippen molar-refractivity contribution in [1.82, 2.24) is 9.61 Å². The molecule has 0 saturated carbocycles. The van der Waals surface area contributed by atoms with E-state index in [0.29, 0.717) is 23.4 Å². The van der Waals surface area contributed by atoms with Crippen LogP contribution < -0.4 is 10.0 Å². The Labute approximate surface area is 145 Å². The van der Waals surface area contributed by atoms with Crippen LogP contribution in [0.3, 0.4) is 0 Å². The van der Waals surface area contributed by atoms with Gasteiger partial charge in [0.05, 0.1) is 16.1 Å². The Morgan fingerprint density at radius 2 is 1.96 bits per heavy atom. The maximum absolute atomic E-state index is 12.7. The minimum absolute atomic E-state index is 0.123. The summed E-state index contributed by atoms with van der Waals surface area (Å²) in [6.07, 6.45) is 3.68. The first-order valence-electron chi connectivity index (χ1n) is 7.76. The van der Waals surface area contributed by atoms with Gasteiger partial charge in [0, 0.05) is 24.5 Å². The van der Waals surface area contributed by atoms with Crippen molar-refractivity contribution < 1.29 is 13.2 Å². The van der Waals surface area contributed by atoms with E-state index in [1.807, 2.05) is 0 Å². The number of sulfonamides is 1. The zero-order valence-corrected chi connectivity index (χ0v) is 14.7. The van der Waals surface area contributed by atoms with Gasteiger partial charge < -0.3 is 5.32 Å². The fourth-order valence-corrected chi connectivity index (χ4v) is 3.75. The van der Waals surface area contributed by atoms with Crippen molar-refractivity contribution >= 4 is 32.8 Å². The van der Waals surface area contributed by atoms with Crippen LogP contribution >= 0.6 is 0 Å². The molecule has 0 aliphatic carbocycles. The standard InChI is InChI=1S/C17H18N4O3S/c1-3-17(22)19-13-4-5-16(12(2)10-13)25(23,24)20-14-7-9-21-15(11-14)6-8-18-21/h4-11,20H,3H2,1-2H3,(H,19,22). The third kappa shape index (κ3) is 3.63. The van der Waals surface area contributed by atoms with E-state index in [9.17, 15) is 13.2 Å². The van der Waals surface area contributed by atoms with Crippen LogP contribution in [0, 0.1) is 6.92 Å². The van der Waals surface area contributed by atoms with Crippen LogP contribution in [0.4, 0.5) is 11.4 Å². The summed E-state index contributed by atoms with van der Waals surface area (Å²) in [4.78, 5) is 11.6. The Hall–Kier alpha value is -2.87. The topological polar surface area (TPSA) is 92.6 Å². The third-order valence-corrected chi connectivity index (χ3v) is 5.26. The largest absolute Gasteiger partial charge is 0.326 e. The number of aromatic nitrogens is 2. The summed E-state index contributed by atoms with van der Waals surface area (Å²) < 4.78 is 29.6. The third-order valence-electron chi connectivity index (χ3n) is 3.72. The Morgan fingerprint density at radius 1 is 1.16 bits per heavy atom. The molecule has 3 rings (SSSR count). The number of carbonyl (C=O) groups is 1. The van der Waals surface area contributed by atoms with E-state index in [-0.39, 0.29) is 10.8 Å². The zero-order chi connectivity index (χ0) is 18.0. The molecular formula is C17H18N4O3S. The highest BCUT2D eigenvalue weighted by atomic mass is 32.2. The number of rotatable bonds is 5. The average molecular weight is 358 g/mol. The number of fused-ring (bicyclic) bond motifs is 1. The molecule has 0 spiro atoms. The molecule has 1 aromatic carbocycles. The lowest BCUT2D eigenvalue weighted by molar-refractivity contribution is -0.115. The highest BCUT2D eigenvalue weighted by Crippen LogP contribution is 2.23. The van der Waals surface area contributed by atoms with Gasteiger partial charge >= 0.3 is 0 Å². The SMILES string of the molecule is CCC(=O)Nc1ccc(S(=O)(=O)Nc2ccn3nccc3c2)c(C)c1. The maximum Gasteiger partial charge on any atom is 0.262 e. The second-order valence-corrected chi connectivity index (χ2v) is 7.25. The number of nitrogens with zero attached hydrogens (tertiary/aromatic N) is 2. The van der Waals surface area contributed by atoms with Gasteiger partial charge in [-0.05, 0) is 48.9 Å². The molecule has 1 amide bonds. The second kappa shape index (κ2) is 6.56. The molecule has 0 saturated heterocycles. The first kappa shape index (κ1) is 17.0. The molecule has 0 radical (unpaired) electrons. The predicted octanol–water partition coefficient (Wildman–Crippen LogP) is 2.79. The van der Waals surface area contributed by atoms with Crippen molar-refractivity contribution in [2.75, 3.05) is 10.0 Å². The van der Waals surface area contributed by atoms with Crippen molar-refractivity contribution in [3.8, 4) is 0 Å². The quantitative estimate of drug-likeness (QED) is 0.733. The summed E-state index contributed by atoms with van der Waals surface area (Å²) in [5, 5.41) is 6.79. The van der Waals surface area contributed by atoms with E-state index in [2.05, 4.69) is 15.1 Å². The number of anilines is 2. The Bertz CT molecular complexity index is 1040. The van der Waals surface area contributed by atoms with Crippen LogP contribution in [0.1, 0.15) is 18.9 Å². The Balaban J connectivity index is 1.87. The number of pyridine rings is 1. The normalized spacial score (nSPS) is 11.4. The van der Waals surface area contributed by atoms with Crippen molar-refractivity contribution in [2.45, 2.75) is 25.2 Å². The molecule has 0 aliphatic rings. The first-order valence-corrected chi connectivity index (χ1v) is 9.24. The van der Waals surface area contributed by atoms with Gasteiger partial charge in [-0.1, -0.05) is 6.92 Å². The van der Waals surface area contributed by atoms with Gasteiger partial charge in [-0.15, -0.1) is 0 Å². The molecule has 0 unspecified atom stereocenters. The van der Waals surface area contributed by atoms with Crippen LogP contribution in [0.25, 0.3) is 5.52 Å². The van der Waals surface area contributed by atoms with Gasteiger partial charge in [-0.2, -0.15) is 5.10 Å². The number of benzene rings is 1. The van der Waals surface area contributed by atoms with E-state index in [1.165, 1.54) is 6.07 Å². The smallest absolute Gasteiger partial charge is 0.262 e. The summed E-state index contributed by atoms with van der Waals surface area (Å²) in [6, 6.07) is 9.84. The number of hydrogen-bond donors (Lipinski definition) is 2. The van der Waals surface area contributed by atoms with Crippen molar-refractivity contribution in [3.63, 3.8) is 0 Å². The van der Waals surface area contributed by atoms with Crippen LogP contribution in [0.5, 0.6) is 0 Å². The molecule has 0 atom stereocenters. The van der Waals surface area contributed by atoms with Crippen LogP contribution in [-0.4, -0.2) is 23.9 Å². The highest BCUT2D eigenvalue weighted by molar-refractivity contribution is 7.92. The van der Waals surface area contributed by atoms with Crippen molar-refractivity contribution in [1.29, 1.82) is 0 Å². The second-order valence-electron chi connectivity index (χ2n) is 5.60. The number of nitrogens with one attached hydrogen (secondary N) is 2. The van der Waals surface area contributed by atoms with Crippen molar-refractivity contribution in [2.24, 2.45) is 0 Å². The number of hydrogen-bond acceptors (Lipinski definition) is 4. The van der Waals surface area contributed by atoms with E-state index in [4.69, 9.17) is 0 Å². The summed E-state index contributed by atoms with van der Waals surface area (Å²) in [7, 11) is -3.74. The molecule has 3 aromatic rings. The fraction of sp³-hybridized carbons (Fsp3) is 0.176. The van der Waals surface area contributed by atoms with E-state index in [1.54, 1.807) is 61.1 Å². The summed E-state index contributed by atoms with van der Waals surface area (Å²) >= 11 is 0. The number of carbonyl (C=O) groups excluding carboxylic acids is 1. The molecule has 25 heavy (non-hydrogen) atoms. The van der Waals surface area contributed by atoms with E-state index < -0.39 is 10.0 Å². The highest BCUT2D eigenvalue weighted by Gasteiger charge is 2.17. The van der Waals surface area contributed by atoms with E-state index >= 15 is 0 Å². The summed E-state index contributed by atoms with van der Waals surface area (Å²) in [6.45, 7) is 3.44. The van der Waals surface area contributed by atoms with Gasteiger partial charge in [0.1, 0.15) is 0 Å². The lowest BCUT2D eigenvalue weighted by Crippen LogP contribution is -2.15. The zero-order valence-electron chi connectivity index (χ0n) is 13.9. The van der Waals surface area contributed by atoms with Gasteiger partial charge in [0.15, 0.2) is 0 Å². The molecule has 2 N–H and O–H groups in total. The lowest BCUT2D eigenvalue weighted by Gasteiger charge is -2.12.